The number of aromatic nitrogens is 2. The minimum Gasteiger partial charge on any atom is -0.492 e. The Hall–Kier alpha value is -3.39. The van der Waals surface area contributed by atoms with Crippen molar-refractivity contribution >= 4 is 11.6 Å². The molecule has 8 heteroatoms. The summed E-state index contributed by atoms with van der Waals surface area (Å²) in [6.45, 7) is 3.51. The molecule has 1 saturated heterocycles. The van der Waals surface area contributed by atoms with Crippen molar-refractivity contribution in [2.75, 3.05) is 38.2 Å². The van der Waals surface area contributed by atoms with Crippen LogP contribution >= 0.6 is 0 Å². The monoisotopic (exact) mass is 452 g/mol. The van der Waals surface area contributed by atoms with Gasteiger partial charge in [-0.05, 0) is 62.3 Å². The molecule has 1 aromatic heterocycles. The number of nitrogens with zero attached hydrogens (tertiary/aromatic N) is 3. The van der Waals surface area contributed by atoms with Gasteiger partial charge in [0.15, 0.2) is 6.61 Å². The maximum atomic E-state index is 13.3. The summed E-state index contributed by atoms with van der Waals surface area (Å²) < 4.78 is 26.6. The number of piperidine rings is 1. The molecule has 2 aromatic carbocycles. The van der Waals surface area contributed by atoms with Gasteiger partial charge in [-0.15, -0.1) is 0 Å². The van der Waals surface area contributed by atoms with Gasteiger partial charge in [-0.25, -0.2) is 4.39 Å². The summed E-state index contributed by atoms with van der Waals surface area (Å²) in [5.41, 5.74) is 2.34. The average Bonchev–Trinajstić information content (AvgIpc) is 3.25. The largest absolute Gasteiger partial charge is 0.492 e. The van der Waals surface area contributed by atoms with Crippen molar-refractivity contribution in [2.24, 2.45) is 7.05 Å². The smallest absolute Gasteiger partial charge is 0.262 e. The molecule has 2 heterocycles. The lowest BCUT2D eigenvalue weighted by atomic mass is 10.1. The van der Waals surface area contributed by atoms with E-state index in [9.17, 15) is 9.18 Å². The Balaban J connectivity index is 1.41. The number of aryl methyl sites for hydroxylation is 1. The van der Waals surface area contributed by atoms with Crippen LogP contribution in [0.1, 0.15) is 19.3 Å². The average molecular weight is 453 g/mol. The number of hydrogen-bond acceptors (Lipinski definition) is 5. The second-order valence-electron chi connectivity index (χ2n) is 8.10. The van der Waals surface area contributed by atoms with E-state index in [0.29, 0.717) is 18.0 Å². The molecule has 0 saturated carbocycles. The lowest BCUT2D eigenvalue weighted by Gasteiger charge is -2.26. The molecule has 1 aliphatic heterocycles. The standard InChI is InChI=1S/C25H29FN4O3/c1-29-23(10-11-27-29)22-17-20(28-25(31)18-33-21-7-5-6-19(26)16-21)8-9-24(22)32-15-14-30-12-3-2-4-13-30/h5-11,16-17H,2-4,12-15,18H2,1H3,(H,28,31). The van der Waals surface area contributed by atoms with E-state index in [-0.39, 0.29) is 12.5 Å². The fraction of sp³-hybridized carbons (Fsp3) is 0.360. The number of likely N-dealkylation sites (tertiary alicyclic amines) is 1. The van der Waals surface area contributed by atoms with Gasteiger partial charge in [-0.2, -0.15) is 5.10 Å². The predicted molar refractivity (Wildman–Crippen MR) is 125 cm³/mol. The Labute approximate surface area is 193 Å². The molecule has 1 aliphatic rings. The van der Waals surface area contributed by atoms with Gasteiger partial charge in [0.05, 0.1) is 5.69 Å². The van der Waals surface area contributed by atoms with E-state index in [1.807, 2.05) is 25.2 Å². The van der Waals surface area contributed by atoms with E-state index < -0.39 is 5.82 Å². The van der Waals surface area contributed by atoms with Crippen LogP contribution in [0.2, 0.25) is 0 Å². The predicted octanol–water partition coefficient (Wildman–Crippen LogP) is 4.11. The normalized spacial score (nSPS) is 14.1. The van der Waals surface area contributed by atoms with Gasteiger partial charge in [-0.3, -0.25) is 14.4 Å². The summed E-state index contributed by atoms with van der Waals surface area (Å²) in [5.74, 6) is 0.293. The van der Waals surface area contributed by atoms with Crippen molar-refractivity contribution in [3.63, 3.8) is 0 Å². The Morgan fingerprint density at radius 3 is 2.70 bits per heavy atom. The van der Waals surface area contributed by atoms with Gasteiger partial charge in [0, 0.05) is 37.1 Å². The quantitative estimate of drug-likeness (QED) is 0.529. The number of nitrogens with one attached hydrogen (secondary N) is 1. The third kappa shape index (κ3) is 6.32. The molecule has 0 aliphatic carbocycles. The Kier molecular flexibility index (Phi) is 7.57. The zero-order valence-corrected chi connectivity index (χ0v) is 18.8. The van der Waals surface area contributed by atoms with Crippen molar-refractivity contribution < 1.29 is 18.7 Å². The zero-order chi connectivity index (χ0) is 23.0. The van der Waals surface area contributed by atoms with Crippen LogP contribution in [0.15, 0.2) is 54.7 Å². The van der Waals surface area contributed by atoms with E-state index in [0.717, 1.165) is 36.6 Å². The highest BCUT2D eigenvalue weighted by molar-refractivity contribution is 5.93. The number of anilines is 1. The van der Waals surface area contributed by atoms with Gasteiger partial charge in [0.1, 0.15) is 23.9 Å². The van der Waals surface area contributed by atoms with Crippen LogP contribution in [0.4, 0.5) is 10.1 Å². The van der Waals surface area contributed by atoms with Crippen molar-refractivity contribution in [2.45, 2.75) is 19.3 Å². The third-order valence-corrected chi connectivity index (χ3v) is 5.64. The van der Waals surface area contributed by atoms with Gasteiger partial charge in [-0.1, -0.05) is 12.5 Å². The van der Waals surface area contributed by atoms with E-state index in [2.05, 4.69) is 15.3 Å². The molecule has 7 nitrogen and oxygen atoms in total. The fourth-order valence-electron chi connectivity index (χ4n) is 3.94. The first-order chi connectivity index (χ1) is 16.1. The molecular weight excluding hydrogens is 423 g/mol. The number of hydrogen-bond donors (Lipinski definition) is 1. The first-order valence-corrected chi connectivity index (χ1v) is 11.2. The van der Waals surface area contributed by atoms with Crippen LogP contribution in [-0.4, -0.2) is 53.4 Å². The first kappa shape index (κ1) is 22.8. The maximum absolute atomic E-state index is 13.3. The van der Waals surface area contributed by atoms with Crippen molar-refractivity contribution in [3.8, 4) is 22.8 Å². The molecule has 0 bridgehead atoms. The number of halogens is 1. The molecular formula is C25H29FN4O3. The summed E-state index contributed by atoms with van der Waals surface area (Å²) in [7, 11) is 1.87. The number of carbonyl (C=O) groups is 1. The number of ether oxygens (including phenoxy) is 2. The van der Waals surface area contributed by atoms with Crippen molar-refractivity contribution in [1.29, 1.82) is 0 Å². The minimum atomic E-state index is -0.412. The highest BCUT2D eigenvalue weighted by Gasteiger charge is 2.14. The lowest BCUT2D eigenvalue weighted by molar-refractivity contribution is -0.118. The molecule has 1 fully saturated rings. The van der Waals surface area contributed by atoms with Crippen LogP contribution in [0.3, 0.4) is 0 Å². The highest BCUT2D eigenvalue weighted by atomic mass is 19.1. The second kappa shape index (κ2) is 11.0. The summed E-state index contributed by atoms with van der Waals surface area (Å²) in [4.78, 5) is 14.8. The maximum Gasteiger partial charge on any atom is 0.262 e. The van der Waals surface area contributed by atoms with Crippen LogP contribution in [0.5, 0.6) is 11.5 Å². The van der Waals surface area contributed by atoms with Crippen molar-refractivity contribution in [3.05, 3.63) is 60.5 Å². The second-order valence-corrected chi connectivity index (χ2v) is 8.10. The van der Waals surface area contributed by atoms with Gasteiger partial charge >= 0.3 is 0 Å². The number of benzene rings is 2. The number of amides is 1. The topological polar surface area (TPSA) is 68.6 Å². The first-order valence-electron chi connectivity index (χ1n) is 11.2. The molecule has 0 spiro atoms. The van der Waals surface area contributed by atoms with Crippen LogP contribution in [0, 0.1) is 5.82 Å². The summed E-state index contributed by atoms with van der Waals surface area (Å²) in [6.07, 6.45) is 5.53. The van der Waals surface area contributed by atoms with Crippen LogP contribution in [0.25, 0.3) is 11.3 Å². The molecule has 0 unspecified atom stereocenters. The van der Waals surface area contributed by atoms with Gasteiger partial charge in [0.25, 0.3) is 5.91 Å². The number of rotatable bonds is 9. The Morgan fingerprint density at radius 1 is 1.09 bits per heavy atom. The van der Waals surface area contributed by atoms with E-state index in [1.54, 1.807) is 23.0 Å². The Morgan fingerprint density at radius 2 is 1.94 bits per heavy atom. The van der Waals surface area contributed by atoms with Crippen LogP contribution < -0.4 is 14.8 Å². The van der Waals surface area contributed by atoms with Crippen LogP contribution in [-0.2, 0) is 11.8 Å². The summed E-state index contributed by atoms with van der Waals surface area (Å²) >= 11 is 0. The Bertz CT molecular complexity index is 1080. The molecule has 1 amide bonds. The summed E-state index contributed by atoms with van der Waals surface area (Å²) in [6, 6.07) is 13.1. The molecule has 1 N–H and O–H groups in total. The van der Waals surface area contributed by atoms with Crippen molar-refractivity contribution in [1.82, 2.24) is 14.7 Å². The molecule has 0 radical (unpaired) electrons. The van der Waals surface area contributed by atoms with Gasteiger partial charge < -0.3 is 14.8 Å². The lowest BCUT2D eigenvalue weighted by Crippen LogP contribution is -2.33. The molecule has 4 rings (SSSR count). The zero-order valence-electron chi connectivity index (χ0n) is 18.8. The fourth-order valence-corrected chi connectivity index (χ4v) is 3.94. The molecule has 174 valence electrons. The van der Waals surface area contributed by atoms with Gasteiger partial charge in [0.2, 0.25) is 0 Å². The van der Waals surface area contributed by atoms with E-state index in [1.165, 1.54) is 37.5 Å². The number of carbonyl (C=O) groups excluding carboxylic acids is 1. The van der Waals surface area contributed by atoms with E-state index >= 15 is 0 Å². The van der Waals surface area contributed by atoms with E-state index in [4.69, 9.17) is 9.47 Å². The molecule has 3 aromatic rings. The SMILES string of the molecule is Cn1nccc1-c1cc(NC(=O)COc2cccc(F)c2)ccc1OCCN1CCCCC1. The molecule has 33 heavy (non-hydrogen) atoms. The third-order valence-electron chi connectivity index (χ3n) is 5.64. The molecule has 0 atom stereocenters. The minimum absolute atomic E-state index is 0.224. The summed E-state index contributed by atoms with van der Waals surface area (Å²) in [5, 5.41) is 7.10. The highest BCUT2D eigenvalue weighted by Crippen LogP contribution is 2.32.